The van der Waals surface area contributed by atoms with Crippen LogP contribution in [0.15, 0.2) is 30.3 Å². The van der Waals surface area contributed by atoms with E-state index < -0.39 is 7.82 Å². The molecule has 2 atom stereocenters. The largest absolute Gasteiger partial charge is 0.530 e. The van der Waals surface area contributed by atoms with Crippen LogP contribution in [0.1, 0.15) is 20.3 Å². The van der Waals surface area contributed by atoms with E-state index in [4.69, 9.17) is 13.6 Å². The van der Waals surface area contributed by atoms with Gasteiger partial charge in [-0.2, -0.15) is 0 Å². The first kappa shape index (κ1) is 11.6. The van der Waals surface area contributed by atoms with Crippen molar-refractivity contribution in [2.75, 3.05) is 0 Å². The molecular weight excluding hydrogens is 227 g/mol. The van der Waals surface area contributed by atoms with E-state index in [1.807, 2.05) is 19.9 Å². The molecule has 1 aromatic rings. The predicted molar refractivity (Wildman–Crippen MR) is 60.4 cm³/mol. The molecule has 1 aliphatic heterocycles. The molecule has 2 rings (SSSR count). The summed E-state index contributed by atoms with van der Waals surface area (Å²) in [5.41, 5.74) is 0. The lowest BCUT2D eigenvalue weighted by molar-refractivity contribution is 0.0217. The quantitative estimate of drug-likeness (QED) is 0.745. The van der Waals surface area contributed by atoms with Gasteiger partial charge in [0, 0.05) is 6.42 Å². The Labute approximate surface area is 95.1 Å². The molecule has 5 heteroatoms. The standard InChI is InChI=1S/C11H15O4P/c1-9-8-10(2)14-16(12,13-9)15-11-6-4-3-5-7-11/h3-7,9-10H,8H2,1-2H3/t9-,10-/m1/s1. The maximum absolute atomic E-state index is 12.2. The lowest BCUT2D eigenvalue weighted by atomic mass is 10.2. The highest BCUT2D eigenvalue weighted by atomic mass is 31.2. The highest BCUT2D eigenvalue weighted by Crippen LogP contribution is 2.54. The summed E-state index contributed by atoms with van der Waals surface area (Å²) >= 11 is 0. The number of hydrogen-bond acceptors (Lipinski definition) is 4. The summed E-state index contributed by atoms with van der Waals surface area (Å²) in [6.07, 6.45) is 0.499. The predicted octanol–water partition coefficient (Wildman–Crippen LogP) is 3.39. The van der Waals surface area contributed by atoms with Crippen molar-refractivity contribution in [2.45, 2.75) is 32.5 Å². The van der Waals surface area contributed by atoms with Crippen LogP contribution >= 0.6 is 7.82 Å². The molecule has 88 valence electrons. The topological polar surface area (TPSA) is 44.8 Å². The lowest BCUT2D eigenvalue weighted by Crippen LogP contribution is -2.25. The molecule has 1 fully saturated rings. The van der Waals surface area contributed by atoms with Gasteiger partial charge in [-0.15, -0.1) is 0 Å². The van der Waals surface area contributed by atoms with Gasteiger partial charge in [0.25, 0.3) is 0 Å². The van der Waals surface area contributed by atoms with Crippen LogP contribution < -0.4 is 4.52 Å². The molecule has 16 heavy (non-hydrogen) atoms. The van der Waals surface area contributed by atoms with Crippen LogP contribution in [0.25, 0.3) is 0 Å². The van der Waals surface area contributed by atoms with Crippen molar-refractivity contribution in [1.82, 2.24) is 0 Å². The highest BCUT2D eigenvalue weighted by Gasteiger charge is 2.38. The van der Waals surface area contributed by atoms with E-state index in [0.29, 0.717) is 5.75 Å². The van der Waals surface area contributed by atoms with Crippen molar-refractivity contribution in [3.63, 3.8) is 0 Å². The van der Waals surface area contributed by atoms with Crippen molar-refractivity contribution >= 4 is 7.82 Å². The van der Waals surface area contributed by atoms with E-state index >= 15 is 0 Å². The Morgan fingerprint density at radius 3 is 2.31 bits per heavy atom. The van der Waals surface area contributed by atoms with Gasteiger partial charge in [-0.3, -0.25) is 9.05 Å². The van der Waals surface area contributed by atoms with Crippen molar-refractivity contribution in [2.24, 2.45) is 0 Å². The third-order valence-electron chi connectivity index (χ3n) is 2.24. The molecule has 0 unspecified atom stereocenters. The molecule has 0 aromatic heterocycles. The van der Waals surface area contributed by atoms with Gasteiger partial charge in [-0.1, -0.05) is 18.2 Å². The van der Waals surface area contributed by atoms with Gasteiger partial charge in [0.15, 0.2) is 0 Å². The van der Waals surface area contributed by atoms with Gasteiger partial charge in [0.05, 0.1) is 12.2 Å². The Morgan fingerprint density at radius 1 is 1.19 bits per heavy atom. The van der Waals surface area contributed by atoms with Gasteiger partial charge in [-0.25, -0.2) is 4.57 Å². The third kappa shape index (κ3) is 2.85. The number of para-hydroxylation sites is 1. The second-order valence-electron chi connectivity index (χ2n) is 3.92. The summed E-state index contributed by atoms with van der Waals surface area (Å²) in [5.74, 6) is 0.493. The third-order valence-corrected chi connectivity index (χ3v) is 3.91. The molecule has 4 nitrogen and oxygen atoms in total. The SMILES string of the molecule is C[C@@H]1C[C@@H](C)OP(=O)(Oc2ccccc2)O1. The molecule has 1 saturated heterocycles. The van der Waals surface area contributed by atoms with E-state index in [-0.39, 0.29) is 12.2 Å². The summed E-state index contributed by atoms with van der Waals surface area (Å²) in [5, 5.41) is 0. The number of rotatable bonds is 2. The van der Waals surface area contributed by atoms with Crippen LogP contribution in [0.4, 0.5) is 0 Å². The summed E-state index contributed by atoms with van der Waals surface area (Å²) in [6.45, 7) is 3.72. The first-order chi connectivity index (χ1) is 7.57. The molecule has 0 N–H and O–H groups in total. The maximum atomic E-state index is 12.2. The van der Waals surface area contributed by atoms with Crippen LogP contribution in [0, 0.1) is 0 Å². The van der Waals surface area contributed by atoms with E-state index in [2.05, 4.69) is 0 Å². The van der Waals surface area contributed by atoms with Gasteiger partial charge < -0.3 is 4.52 Å². The molecule has 0 aliphatic carbocycles. The van der Waals surface area contributed by atoms with Crippen LogP contribution in [0.5, 0.6) is 5.75 Å². The fraction of sp³-hybridized carbons (Fsp3) is 0.455. The minimum absolute atomic E-state index is 0.113. The molecule has 0 bridgehead atoms. The minimum Gasteiger partial charge on any atom is -0.404 e. The first-order valence-corrected chi connectivity index (χ1v) is 6.75. The number of phosphoric acid groups is 1. The fourth-order valence-electron chi connectivity index (χ4n) is 1.67. The molecule has 1 aromatic carbocycles. The van der Waals surface area contributed by atoms with Crippen molar-refractivity contribution in [1.29, 1.82) is 0 Å². The number of phosphoric ester groups is 1. The van der Waals surface area contributed by atoms with Gasteiger partial charge in [-0.05, 0) is 26.0 Å². The van der Waals surface area contributed by atoms with Gasteiger partial charge >= 0.3 is 7.82 Å². The minimum atomic E-state index is -3.45. The number of benzene rings is 1. The molecule has 1 aliphatic rings. The summed E-state index contributed by atoms with van der Waals surface area (Å²) in [4.78, 5) is 0. The molecular formula is C11H15O4P. The Bertz CT molecular complexity index is 378. The monoisotopic (exact) mass is 242 g/mol. The molecule has 1 heterocycles. The van der Waals surface area contributed by atoms with E-state index in [1.54, 1.807) is 24.3 Å². The van der Waals surface area contributed by atoms with Crippen molar-refractivity contribution in [3.8, 4) is 5.75 Å². The lowest BCUT2D eigenvalue weighted by Gasteiger charge is -2.30. The second kappa shape index (κ2) is 4.58. The van der Waals surface area contributed by atoms with Crippen LogP contribution in [-0.2, 0) is 13.6 Å². The Morgan fingerprint density at radius 2 is 1.75 bits per heavy atom. The Balaban J connectivity index is 2.11. The number of hydrogen-bond donors (Lipinski definition) is 0. The average Bonchev–Trinajstić information content (AvgIpc) is 2.15. The van der Waals surface area contributed by atoms with Gasteiger partial charge in [0.2, 0.25) is 0 Å². The summed E-state index contributed by atoms with van der Waals surface area (Å²) in [7, 11) is -3.45. The molecule has 0 radical (unpaired) electrons. The highest BCUT2D eigenvalue weighted by molar-refractivity contribution is 7.49. The van der Waals surface area contributed by atoms with E-state index in [9.17, 15) is 4.57 Å². The zero-order valence-electron chi connectivity index (χ0n) is 9.33. The van der Waals surface area contributed by atoms with E-state index in [1.165, 1.54) is 0 Å². The zero-order valence-corrected chi connectivity index (χ0v) is 10.2. The van der Waals surface area contributed by atoms with Crippen molar-refractivity contribution in [3.05, 3.63) is 30.3 Å². The molecule has 0 saturated carbocycles. The summed E-state index contributed by atoms with van der Waals surface area (Å²) in [6, 6.07) is 8.90. The fourth-order valence-corrected chi connectivity index (χ4v) is 3.24. The zero-order chi connectivity index (χ0) is 11.6. The maximum Gasteiger partial charge on any atom is 0.530 e. The van der Waals surface area contributed by atoms with E-state index in [0.717, 1.165) is 6.42 Å². The van der Waals surface area contributed by atoms with Crippen LogP contribution in [-0.4, -0.2) is 12.2 Å². The van der Waals surface area contributed by atoms with Crippen LogP contribution in [0.2, 0.25) is 0 Å². The summed E-state index contributed by atoms with van der Waals surface area (Å²) < 4.78 is 28.0. The Hall–Kier alpha value is -0.830. The van der Waals surface area contributed by atoms with Crippen molar-refractivity contribution < 1.29 is 18.1 Å². The second-order valence-corrected chi connectivity index (χ2v) is 5.42. The first-order valence-electron chi connectivity index (χ1n) is 5.29. The average molecular weight is 242 g/mol. The van der Waals surface area contributed by atoms with Crippen LogP contribution in [0.3, 0.4) is 0 Å². The molecule has 0 amide bonds. The van der Waals surface area contributed by atoms with Gasteiger partial charge in [0.1, 0.15) is 5.75 Å². The molecule has 0 spiro atoms. The smallest absolute Gasteiger partial charge is 0.404 e. The normalized spacial score (nSPS) is 34.6. The Kier molecular flexibility index (Phi) is 3.33.